The summed E-state index contributed by atoms with van der Waals surface area (Å²) in [6, 6.07) is 3.48. The van der Waals surface area contributed by atoms with Crippen molar-refractivity contribution < 1.29 is 9.18 Å². The minimum Gasteiger partial charge on any atom is -0.368 e. The van der Waals surface area contributed by atoms with Gasteiger partial charge in [-0.1, -0.05) is 0 Å². The maximum atomic E-state index is 13.1. The number of pyridine rings is 1. The number of anilines is 4. The lowest BCUT2D eigenvalue weighted by Gasteiger charge is -2.40. The molecule has 0 aromatic carbocycles. The number of rotatable bonds is 3. The number of fused-ring (bicyclic) bond motifs is 1. The number of nitrogens with one attached hydrogen (secondary N) is 1. The summed E-state index contributed by atoms with van der Waals surface area (Å²) >= 11 is 1.43. The SMILES string of the molecule is Cc1nc(N2CC(F)C2)ccc1NC(=O)N1CCN(c2nc(N)nc3scnc23)C(C)C1. The lowest BCUT2D eigenvalue weighted by Crippen LogP contribution is -2.55. The number of nitrogens with zero attached hydrogens (tertiary/aromatic N) is 7. The molecule has 10 nitrogen and oxygen atoms in total. The van der Waals surface area contributed by atoms with E-state index in [2.05, 4.69) is 30.2 Å². The van der Waals surface area contributed by atoms with Gasteiger partial charge in [0.25, 0.3) is 0 Å². The first-order chi connectivity index (χ1) is 15.4. The number of aromatic nitrogens is 4. The summed E-state index contributed by atoms with van der Waals surface area (Å²) in [4.78, 5) is 37.0. The van der Waals surface area contributed by atoms with Crippen molar-refractivity contribution in [3.05, 3.63) is 23.3 Å². The molecule has 168 valence electrons. The lowest BCUT2D eigenvalue weighted by molar-refractivity contribution is 0.200. The van der Waals surface area contributed by atoms with Crippen molar-refractivity contribution in [1.29, 1.82) is 0 Å². The Balaban J connectivity index is 1.25. The van der Waals surface area contributed by atoms with Crippen LogP contribution in [0.25, 0.3) is 10.3 Å². The van der Waals surface area contributed by atoms with Gasteiger partial charge in [0.1, 0.15) is 17.5 Å². The Hall–Kier alpha value is -3.28. The fourth-order valence-electron chi connectivity index (χ4n) is 4.08. The number of carbonyl (C=O) groups excluding carboxylic acids is 1. The minimum atomic E-state index is -0.789. The van der Waals surface area contributed by atoms with E-state index < -0.39 is 6.17 Å². The number of alkyl halides is 1. The van der Waals surface area contributed by atoms with E-state index in [4.69, 9.17) is 5.73 Å². The Bertz CT molecular complexity index is 1170. The van der Waals surface area contributed by atoms with E-state index in [9.17, 15) is 9.18 Å². The molecular weight excluding hydrogens is 433 g/mol. The standard InChI is InChI=1S/C20H24FN9OS/c1-11-7-28(5-6-30(11)17-16-18(32-10-23-16)27-19(22)26-17)20(31)25-14-3-4-15(24-12(14)2)29-8-13(21)9-29/h3-4,10-11,13H,5-9H2,1-2H3,(H,25,31)(H2,22,26,27). The number of thiazole rings is 1. The normalized spacial score (nSPS) is 19.3. The summed E-state index contributed by atoms with van der Waals surface area (Å²) in [5, 5.41) is 2.96. The first-order valence-electron chi connectivity index (χ1n) is 10.4. The van der Waals surface area contributed by atoms with Gasteiger partial charge in [-0.3, -0.25) is 0 Å². The molecule has 3 N–H and O–H groups in total. The molecule has 2 fully saturated rings. The van der Waals surface area contributed by atoms with Crippen molar-refractivity contribution in [3.63, 3.8) is 0 Å². The van der Waals surface area contributed by atoms with Crippen molar-refractivity contribution >= 4 is 51.0 Å². The number of carbonyl (C=O) groups is 1. The van der Waals surface area contributed by atoms with E-state index in [0.29, 0.717) is 49.9 Å². The minimum absolute atomic E-state index is 0.0235. The number of nitrogen functional groups attached to an aromatic ring is 1. The van der Waals surface area contributed by atoms with Crippen LogP contribution in [0, 0.1) is 6.92 Å². The van der Waals surface area contributed by atoms with Gasteiger partial charge in [0.2, 0.25) is 5.95 Å². The highest BCUT2D eigenvalue weighted by atomic mass is 32.1. The zero-order chi connectivity index (χ0) is 22.4. The van der Waals surface area contributed by atoms with E-state index in [1.54, 1.807) is 10.4 Å². The van der Waals surface area contributed by atoms with E-state index in [1.165, 1.54) is 11.3 Å². The quantitative estimate of drug-likeness (QED) is 0.615. The molecule has 3 aromatic heterocycles. The summed E-state index contributed by atoms with van der Waals surface area (Å²) < 4.78 is 13.1. The third-order valence-corrected chi connectivity index (χ3v) is 6.58. The van der Waals surface area contributed by atoms with Gasteiger partial charge in [-0.05, 0) is 26.0 Å². The molecule has 5 rings (SSSR count). The van der Waals surface area contributed by atoms with Crippen LogP contribution < -0.4 is 20.9 Å². The number of aryl methyl sites for hydroxylation is 1. The summed E-state index contributed by atoms with van der Waals surface area (Å²) in [6.45, 7) is 6.28. The third kappa shape index (κ3) is 3.74. The molecular formula is C20H24FN9OS. The molecule has 0 saturated carbocycles. The van der Waals surface area contributed by atoms with Crippen molar-refractivity contribution in [2.45, 2.75) is 26.1 Å². The molecule has 2 aliphatic heterocycles. The molecule has 1 unspecified atom stereocenters. The maximum Gasteiger partial charge on any atom is 0.322 e. The molecule has 0 radical (unpaired) electrons. The van der Waals surface area contributed by atoms with Gasteiger partial charge in [-0.15, -0.1) is 11.3 Å². The fraction of sp³-hybridized carbons (Fsp3) is 0.450. The van der Waals surface area contributed by atoms with Gasteiger partial charge in [0, 0.05) is 25.7 Å². The lowest BCUT2D eigenvalue weighted by atomic mass is 10.2. The van der Waals surface area contributed by atoms with Gasteiger partial charge >= 0.3 is 6.03 Å². The molecule has 0 spiro atoms. The van der Waals surface area contributed by atoms with Crippen LogP contribution in [0.5, 0.6) is 0 Å². The van der Waals surface area contributed by atoms with Crippen LogP contribution in [0.15, 0.2) is 17.6 Å². The molecule has 3 aromatic rings. The Morgan fingerprint density at radius 1 is 1.22 bits per heavy atom. The van der Waals surface area contributed by atoms with E-state index in [-0.39, 0.29) is 18.0 Å². The fourth-order valence-corrected chi connectivity index (χ4v) is 4.74. The van der Waals surface area contributed by atoms with Gasteiger partial charge in [-0.25, -0.2) is 24.1 Å². The topological polar surface area (TPSA) is 116 Å². The second-order valence-corrected chi connectivity index (χ2v) is 8.97. The average molecular weight is 458 g/mol. The average Bonchev–Trinajstić information content (AvgIpc) is 3.20. The highest BCUT2D eigenvalue weighted by Crippen LogP contribution is 2.29. The largest absolute Gasteiger partial charge is 0.368 e. The van der Waals surface area contributed by atoms with Gasteiger partial charge in [0.05, 0.1) is 30.0 Å². The first-order valence-corrected chi connectivity index (χ1v) is 11.3. The second-order valence-electron chi connectivity index (χ2n) is 8.13. The Labute approximate surface area is 188 Å². The predicted octanol–water partition coefficient (Wildman–Crippen LogP) is 2.27. The molecule has 5 heterocycles. The monoisotopic (exact) mass is 457 g/mol. The smallest absolute Gasteiger partial charge is 0.322 e. The summed E-state index contributed by atoms with van der Waals surface area (Å²) in [7, 11) is 0. The predicted molar refractivity (Wildman–Crippen MR) is 123 cm³/mol. The molecule has 2 aliphatic rings. The maximum absolute atomic E-state index is 13.1. The van der Waals surface area contributed by atoms with Crippen LogP contribution in [0.4, 0.5) is 32.5 Å². The number of hydrogen-bond acceptors (Lipinski definition) is 9. The highest BCUT2D eigenvalue weighted by Gasteiger charge is 2.30. The van der Waals surface area contributed by atoms with Crippen LogP contribution in [0.1, 0.15) is 12.6 Å². The van der Waals surface area contributed by atoms with Crippen LogP contribution in [0.3, 0.4) is 0 Å². The third-order valence-electron chi connectivity index (χ3n) is 5.86. The zero-order valence-electron chi connectivity index (χ0n) is 17.8. The number of amides is 2. The molecule has 32 heavy (non-hydrogen) atoms. The zero-order valence-corrected chi connectivity index (χ0v) is 18.6. The number of nitrogens with two attached hydrogens (primary N) is 1. The van der Waals surface area contributed by atoms with Crippen LogP contribution in [0.2, 0.25) is 0 Å². The van der Waals surface area contributed by atoms with Crippen molar-refractivity contribution in [1.82, 2.24) is 24.8 Å². The van der Waals surface area contributed by atoms with Crippen molar-refractivity contribution in [2.75, 3.05) is 53.6 Å². The van der Waals surface area contributed by atoms with Crippen molar-refractivity contribution in [3.8, 4) is 0 Å². The van der Waals surface area contributed by atoms with Gasteiger partial charge < -0.3 is 25.8 Å². The number of piperazine rings is 1. The van der Waals surface area contributed by atoms with Crippen LogP contribution in [-0.2, 0) is 0 Å². The second kappa shape index (κ2) is 8.01. The molecule has 2 saturated heterocycles. The molecule has 1 atom stereocenters. The highest BCUT2D eigenvalue weighted by molar-refractivity contribution is 7.16. The summed E-state index contributed by atoms with van der Waals surface area (Å²) in [5.41, 5.74) is 9.71. The molecule has 12 heteroatoms. The Morgan fingerprint density at radius 3 is 2.75 bits per heavy atom. The molecule has 2 amide bonds. The molecule has 0 aliphatic carbocycles. The van der Waals surface area contributed by atoms with Crippen LogP contribution in [-0.4, -0.2) is 75.8 Å². The number of halogens is 1. The van der Waals surface area contributed by atoms with E-state index in [1.807, 2.05) is 30.9 Å². The summed E-state index contributed by atoms with van der Waals surface area (Å²) in [6.07, 6.45) is -0.789. The molecule has 0 bridgehead atoms. The first kappa shape index (κ1) is 20.6. The van der Waals surface area contributed by atoms with E-state index in [0.717, 1.165) is 16.2 Å². The van der Waals surface area contributed by atoms with E-state index >= 15 is 0 Å². The number of urea groups is 1. The Morgan fingerprint density at radius 2 is 2.03 bits per heavy atom. The number of hydrogen-bond donors (Lipinski definition) is 2. The van der Waals surface area contributed by atoms with Crippen molar-refractivity contribution in [2.24, 2.45) is 0 Å². The van der Waals surface area contributed by atoms with Crippen LogP contribution >= 0.6 is 11.3 Å². The summed E-state index contributed by atoms with van der Waals surface area (Å²) in [5.74, 6) is 1.66. The van der Waals surface area contributed by atoms with Gasteiger partial charge in [0.15, 0.2) is 10.6 Å². The van der Waals surface area contributed by atoms with Gasteiger partial charge in [-0.2, -0.15) is 4.98 Å². The Kier molecular flexibility index (Phi) is 5.16.